The number of rotatable bonds is 12. The Labute approximate surface area is 623 Å². The highest BCUT2D eigenvalue weighted by Crippen LogP contribution is 2.46. The first kappa shape index (κ1) is 68.5. The predicted molar refractivity (Wildman–Crippen MR) is 450 cm³/mol. The number of hydrogen-bond acceptors (Lipinski definition) is 5. The minimum absolute atomic E-state index is 0. The van der Waals surface area contributed by atoms with Crippen molar-refractivity contribution >= 4 is 171 Å². The third kappa shape index (κ3) is 14.4. The average molecular weight is 1470 g/mol. The second kappa shape index (κ2) is 29.6. The number of benzene rings is 15. The monoisotopic (exact) mass is 1470 g/mol. The summed E-state index contributed by atoms with van der Waals surface area (Å²) in [7, 11) is -0.376. The van der Waals surface area contributed by atoms with Crippen molar-refractivity contribution in [3.05, 3.63) is 348 Å². The first-order chi connectivity index (χ1) is 49.8. The molecule has 0 unspecified atom stereocenters. The molecule has 1 aliphatic heterocycles. The van der Waals surface area contributed by atoms with Gasteiger partial charge >= 0.3 is 7.12 Å². The molecular weight excluding hydrogens is 1390 g/mol. The highest BCUT2D eigenvalue weighted by Gasteiger charge is 2.51. The van der Waals surface area contributed by atoms with Crippen molar-refractivity contribution in [2.24, 2.45) is 0 Å². The summed E-state index contributed by atoms with van der Waals surface area (Å²) in [5.74, 6) is 0. The Bertz CT molecular complexity index is 5190. The van der Waals surface area contributed by atoms with E-state index >= 15 is 0 Å². The topological polar surface area (TPSA) is 28.2 Å². The zero-order valence-corrected chi connectivity index (χ0v) is 61.1. The van der Waals surface area contributed by atoms with Crippen molar-refractivity contribution in [2.75, 3.05) is 14.7 Å². The Balaban J connectivity index is 0.000000165. The van der Waals surface area contributed by atoms with E-state index in [1.54, 1.807) is 0 Å². The molecule has 0 spiro atoms. The van der Waals surface area contributed by atoms with Gasteiger partial charge in [-0.2, -0.15) is 0 Å². The van der Waals surface area contributed by atoms with Crippen LogP contribution in [-0.4, -0.2) is 18.3 Å². The highest BCUT2D eigenvalue weighted by molar-refractivity contribution is 9.14. The maximum Gasteiger partial charge on any atom is 0.494 e. The van der Waals surface area contributed by atoms with Gasteiger partial charge in [0.15, 0.2) is 0 Å². The van der Waals surface area contributed by atoms with Crippen LogP contribution in [0, 0.1) is 0 Å². The van der Waals surface area contributed by atoms with E-state index in [2.05, 4.69) is 402 Å². The molecule has 0 atom stereocenters. The summed E-state index contributed by atoms with van der Waals surface area (Å²) in [5, 5.41) is 14.8. The van der Waals surface area contributed by atoms with Crippen LogP contribution >= 0.6 is 31.9 Å². The molecule has 0 bridgehead atoms. The molecule has 103 heavy (non-hydrogen) atoms. The highest BCUT2D eigenvalue weighted by atomic mass is 79.9. The molecular formula is C95H82BBr2N3O2. The zero-order valence-electron chi connectivity index (χ0n) is 57.9. The number of allylic oxidation sites excluding steroid dienone is 4. The van der Waals surface area contributed by atoms with Crippen LogP contribution in [0.3, 0.4) is 0 Å². The Morgan fingerprint density at radius 3 is 0.709 bits per heavy atom. The number of fused-ring (bicyclic) bond motifs is 6. The van der Waals surface area contributed by atoms with Gasteiger partial charge in [0.2, 0.25) is 0 Å². The Morgan fingerprint density at radius 2 is 0.476 bits per heavy atom. The smallest absolute Gasteiger partial charge is 0.399 e. The van der Waals surface area contributed by atoms with E-state index in [4.69, 9.17) is 9.31 Å². The van der Waals surface area contributed by atoms with Gasteiger partial charge in [-0.15, -0.1) is 0 Å². The predicted octanol–water partition coefficient (Wildman–Crippen LogP) is 27.9. The van der Waals surface area contributed by atoms with Gasteiger partial charge in [0.1, 0.15) is 0 Å². The maximum absolute atomic E-state index is 6.28. The second-order valence-electron chi connectivity index (χ2n) is 27.9. The minimum Gasteiger partial charge on any atom is -0.399 e. The molecule has 3 aliphatic rings. The Kier molecular flexibility index (Phi) is 19.7. The lowest BCUT2D eigenvalue weighted by Crippen LogP contribution is -2.41. The van der Waals surface area contributed by atoms with Crippen molar-refractivity contribution in [2.45, 2.75) is 84.8 Å². The third-order valence-electron chi connectivity index (χ3n) is 20.9. The lowest BCUT2D eigenvalue weighted by Gasteiger charge is -2.32. The lowest BCUT2D eigenvalue weighted by molar-refractivity contribution is 0.00578. The average Bonchev–Trinajstić information content (AvgIpc) is 1.77. The summed E-state index contributed by atoms with van der Waals surface area (Å²) in [6, 6.07) is 119. The van der Waals surface area contributed by atoms with Gasteiger partial charge in [0, 0.05) is 60.2 Å². The number of hydrogen-bond donors (Lipinski definition) is 0. The van der Waals surface area contributed by atoms with E-state index in [1.807, 2.05) is 0 Å². The molecule has 0 aromatic heterocycles. The van der Waals surface area contributed by atoms with Crippen LogP contribution in [0.5, 0.6) is 0 Å². The molecule has 0 amide bonds. The van der Waals surface area contributed by atoms with Gasteiger partial charge in [-0.1, -0.05) is 258 Å². The molecule has 506 valence electrons. The van der Waals surface area contributed by atoms with E-state index in [-0.39, 0.29) is 25.7 Å². The van der Waals surface area contributed by atoms with Crippen LogP contribution in [0.4, 0.5) is 51.2 Å². The molecule has 8 heteroatoms. The fraction of sp³-hybridized carbons (Fsp3) is 0.137. The van der Waals surface area contributed by atoms with Gasteiger partial charge in [0.05, 0.1) is 11.2 Å². The molecule has 1 heterocycles. The van der Waals surface area contributed by atoms with Crippen molar-refractivity contribution in [3.63, 3.8) is 0 Å². The minimum atomic E-state index is -0.376. The van der Waals surface area contributed by atoms with Gasteiger partial charge in [0.25, 0.3) is 0 Å². The molecule has 2 aliphatic carbocycles. The molecule has 5 nitrogen and oxygen atoms in total. The number of anilines is 9. The Morgan fingerprint density at radius 1 is 0.262 bits per heavy atom. The van der Waals surface area contributed by atoms with Crippen LogP contribution in [-0.2, 0) is 9.31 Å². The van der Waals surface area contributed by atoms with E-state index in [0.29, 0.717) is 0 Å². The van der Waals surface area contributed by atoms with Crippen molar-refractivity contribution in [1.29, 1.82) is 0 Å². The van der Waals surface area contributed by atoms with E-state index in [0.717, 1.165) is 75.9 Å². The third-order valence-corrected chi connectivity index (χ3v) is 23.2. The quantitative estimate of drug-likeness (QED) is 0.114. The summed E-state index contributed by atoms with van der Waals surface area (Å²) >= 11 is 6.87. The van der Waals surface area contributed by atoms with E-state index in [1.165, 1.54) is 115 Å². The standard InChI is InChI=1S/C57H42N2.C32H30BNO2.C5H6Br2.CH4/c1-5-14-46-36-52(32-20-40(46)10-1)58(53-33-21-41-11-2-6-15-47(41)37-53)50-28-24-44(25-29-50)56-18-9-19-57(56)45-26-30-51(31-27-45)59(54-34-22-42-12-3-7-16-48(42)38-54)55-35-23-43-13-4-8-17-49(43)39-55;1-31(2)32(3,4)36-33(35-31)27-15-19-28(20-16-27)34(29-17-13-23-9-5-7-11-25(23)21-29)30-18-14-24-10-6-8-12-26(24)22-30;6-4-2-1-3-5(4)7;/h1-8,10-17,20-39H,9,18-19H2;5-22H,1-4H3;1-3H2;1H4. The first-order valence-corrected chi connectivity index (χ1v) is 37.2. The van der Waals surface area contributed by atoms with Gasteiger partial charge in [-0.05, 0) is 268 Å². The van der Waals surface area contributed by atoms with Crippen LogP contribution in [0.1, 0.15) is 84.8 Å². The van der Waals surface area contributed by atoms with E-state index < -0.39 is 0 Å². The number of halogens is 2. The molecule has 15 aromatic carbocycles. The molecule has 0 radical (unpaired) electrons. The first-order valence-electron chi connectivity index (χ1n) is 35.6. The fourth-order valence-electron chi connectivity index (χ4n) is 14.7. The summed E-state index contributed by atoms with van der Waals surface area (Å²) in [6.45, 7) is 8.34. The SMILES string of the molecule is BrC1=C(Br)CCC1.C.CC1(C)OB(c2ccc(N(c3ccc4ccccc4c3)c3ccc4ccccc4c3)cc2)OC1(C)C.c1ccc2cc(N(c3ccc(C4=C(c5ccc(N(c6ccc7ccccc7c6)c6ccc7ccccc7c6)cc5)CCC4)cc3)c3ccc4ccccc4c3)ccc2c1. The van der Waals surface area contributed by atoms with Gasteiger partial charge in [-0.3, -0.25) is 0 Å². The van der Waals surface area contributed by atoms with Crippen molar-refractivity contribution in [1.82, 2.24) is 0 Å². The van der Waals surface area contributed by atoms with Crippen LogP contribution < -0.4 is 20.2 Å². The summed E-state index contributed by atoms with van der Waals surface area (Å²) in [6.07, 6.45) is 7.07. The van der Waals surface area contributed by atoms with Crippen LogP contribution in [0.2, 0.25) is 0 Å². The lowest BCUT2D eigenvalue weighted by atomic mass is 9.79. The van der Waals surface area contributed by atoms with Gasteiger partial charge in [-0.25, -0.2) is 0 Å². The second-order valence-corrected chi connectivity index (χ2v) is 29.9. The van der Waals surface area contributed by atoms with E-state index in [9.17, 15) is 0 Å². The molecule has 18 rings (SSSR count). The molecule has 15 aromatic rings. The summed E-state index contributed by atoms with van der Waals surface area (Å²) in [5.41, 5.74) is 16.0. The molecule has 0 saturated carbocycles. The normalized spacial score (nSPS) is 14.6. The fourth-order valence-corrected chi connectivity index (χ4v) is 15.6. The van der Waals surface area contributed by atoms with Crippen LogP contribution in [0.15, 0.2) is 337 Å². The van der Waals surface area contributed by atoms with Crippen LogP contribution in [0.25, 0.3) is 75.8 Å². The largest absolute Gasteiger partial charge is 0.494 e. The molecule has 1 fully saturated rings. The Hall–Kier alpha value is -10.3. The maximum atomic E-state index is 6.28. The molecule has 1 saturated heterocycles. The van der Waals surface area contributed by atoms with Gasteiger partial charge < -0.3 is 24.0 Å². The van der Waals surface area contributed by atoms with Crippen molar-refractivity contribution < 1.29 is 9.31 Å². The zero-order chi connectivity index (χ0) is 69.3. The summed E-state index contributed by atoms with van der Waals surface area (Å²) < 4.78 is 15.3. The van der Waals surface area contributed by atoms with Crippen molar-refractivity contribution in [3.8, 4) is 0 Å². The number of nitrogens with zero attached hydrogens (tertiary/aromatic N) is 3. The molecule has 0 N–H and O–H groups in total. The summed E-state index contributed by atoms with van der Waals surface area (Å²) in [4.78, 5) is 7.09.